The van der Waals surface area contributed by atoms with Crippen molar-refractivity contribution in [2.24, 2.45) is 11.8 Å². The molecule has 6 aromatic heterocycles. The van der Waals surface area contributed by atoms with E-state index in [2.05, 4.69) is 113 Å². The fraction of sp³-hybridized carbons (Fsp3) is 0.739. The van der Waals surface area contributed by atoms with Crippen LogP contribution in [0.25, 0.3) is 46.2 Å². The molecule has 0 amide bonds. The number of hydrogen-bond donors (Lipinski definition) is 0. The van der Waals surface area contributed by atoms with Crippen LogP contribution in [-0.2, 0) is 25.9 Å². The molecule has 0 aliphatic rings. The van der Waals surface area contributed by atoms with Gasteiger partial charge in [0.25, 0.3) is 0 Å². The first-order valence-corrected chi connectivity index (χ1v) is 51.4. The molecule has 0 N–H and O–H groups in total. The van der Waals surface area contributed by atoms with Gasteiger partial charge >= 0.3 is 446 Å². The van der Waals surface area contributed by atoms with Gasteiger partial charge in [0.15, 0.2) is 0 Å². The number of aromatic nitrogens is 2. The van der Waals surface area contributed by atoms with Crippen molar-refractivity contribution in [1.82, 2.24) is 9.13 Å². The van der Waals surface area contributed by atoms with E-state index in [1.54, 1.807) is 32.5 Å². The van der Waals surface area contributed by atoms with Crippen LogP contribution in [0.1, 0.15) is 407 Å². The zero-order valence-corrected chi connectivity index (χ0v) is 74.2. The standard InChI is InChI=1S/C92H150N2O2Se2Te2/c1-9-15-21-27-31-35-37-41-45-49-59-77(57-47-43-39-33-29-23-17-11-3)61-53-55-69-93-84-74-82(88-67-68-89(100-88)90-80(64-52-26-20-14-6)72-86(98-90)85-71-79(76(8)97-85)63-51-25-19-13-5)92(96)94(83(84)73-81(91(93)95)87-66-65-75(7)99-87)70-56-54-62-78(58-48-44-40-34-30-24-18-12-4)60-50-46-42-38-36-32-28-22-16-10-2/h65-68,71-74,77-78H,9-64,69-70H2,1-8H3. The Bertz CT molecular complexity index is 3150. The van der Waals surface area contributed by atoms with E-state index in [0.29, 0.717) is 14.5 Å². The predicted molar refractivity (Wildman–Crippen MR) is 449 cm³/mol. The molecule has 0 radical (unpaired) electrons. The van der Waals surface area contributed by atoms with E-state index >= 15 is 9.59 Å². The SMILES string of the molecule is CCCCCCCCCCCCC(CCCCCCCCCC)CCCCn1c(=O)c(-c2ccc(C)[te]2)cc2c1cc(-c1ccc(-c3[se]c(-c4cc(CCCCCC)c(C)[se]4)cc3CCCCCC)[te]1)c(=O)n2CCCCC(CCCCCCCCCC)CCCCCCCCCCCC. The molecular weight excluding hydrogens is 1580 g/mol. The van der Waals surface area contributed by atoms with Gasteiger partial charge in [-0.2, -0.15) is 0 Å². The number of pyridine rings is 2. The van der Waals surface area contributed by atoms with Crippen LogP contribution in [0.2, 0.25) is 0 Å². The second-order valence-corrected chi connectivity index (χ2v) is 43.0. The summed E-state index contributed by atoms with van der Waals surface area (Å²) in [5, 5.41) is 0. The van der Waals surface area contributed by atoms with Crippen molar-refractivity contribution in [1.29, 1.82) is 0 Å². The number of nitrogens with zero attached hydrogens (tertiary/aromatic N) is 2. The van der Waals surface area contributed by atoms with Crippen molar-refractivity contribution < 1.29 is 0 Å². The number of rotatable bonds is 64. The molecule has 0 saturated carbocycles. The monoisotopic (exact) mass is 1730 g/mol. The zero-order valence-electron chi connectivity index (χ0n) is 66.1. The quantitative estimate of drug-likeness (QED) is 0.0282. The molecule has 6 rings (SSSR count). The molecule has 564 valence electrons. The molecule has 2 atom stereocenters. The maximum atomic E-state index is 16.0. The second kappa shape index (κ2) is 55.2. The molecule has 6 heterocycles. The third-order valence-electron chi connectivity index (χ3n) is 22.5. The molecule has 0 saturated heterocycles. The minimum atomic E-state index is -0.866. The predicted octanol–water partition coefficient (Wildman–Crippen LogP) is 28.2. The van der Waals surface area contributed by atoms with Crippen LogP contribution < -0.4 is 11.1 Å². The van der Waals surface area contributed by atoms with Gasteiger partial charge in [-0.05, 0) is 0 Å². The van der Waals surface area contributed by atoms with Crippen LogP contribution in [0.3, 0.4) is 0 Å². The van der Waals surface area contributed by atoms with Gasteiger partial charge in [0.1, 0.15) is 0 Å². The van der Waals surface area contributed by atoms with Crippen molar-refractivity contribution in [2.75, 3.05) is 0 Å². The minimum Gasteiger partial charge on any atom is -0.0654 e. The molecule has 4 nitrogen and oxygen atoms in total. The van der Waals surface area contributed by atoms with Gasteiger partial charge in [-0.1, -0.05) is 207 Å². The fourth-order valence-corrected chi connectivity index (χ4v) is 27.7. The van der Waals surface area contributed by atoms with Gasteiger partial charge in [0.05, 0.1) is 0 Å². The summed E-state index contributed by atoms with van der Waals surface area (Å²) in [4.78, 5) is 31.6. The van der Waals surface area contributed by atoms with E-state index in [4.69, 9.17) is 0 Å². The Morgan fingerprint density at radius 1 is 0.320 bits per heavy atom. The van der Waals surface area contributed by atoms with E-state index in [1.807, 2.05) is 0 Å². The Morgan fingerprint density at radius 2 is 0.620 bits per heavy atom. The van der Waals surface area contributed by atoms with Crippen molar-refractivity contribution in [2.45, 2.75) is 428 Å². The summed E-state index contributed by atoms with van der Waals surface area (Å²) < 4.78 is 16.6. The van der Waals surface area contributed by atoms with E-state index in [1.165, 1.54) is 345 Å². The topological polar surface area (TPSA) is 44.0 Å². The molecule has 2 unspecified atom stereocenters. The van der Waals surface area contributed by atoms with Crippen LogP contribution in [-0.4, -0.2) is 79.0 Å². The summed E-state index contributed by atoms with van der Waals surface area (Å²) in [6.45, 7) is 20.1. The number of fused-ring (bicyclic) bond motifs is 1. The van der Waals surface area contributed by atoms with Crippen molar-refractivity contribution in [3.8, 4) is 35.2 Å². The van der Waals surface area contributed by atoms with Gasteiger partial charge in [0, 0.05) is 0 Å². The molecular formula is C92H150N2O2Se2Te2. The molecule has 0 aliphatic heterocycles. The summed E-state index contributed by atoms with van der Waals surface area (Å²) in [7, 11) is 0. The first-order chi connectivity index (χ1) is 49.1. The zero-order chi connectivity index (χ0) is 71.0. The molecule has 6 aromatic rings. The molecule has 0 fully saturated rings. The molecule has 0 spiro atoms. The van der Waals surface area contributed by atoms with Gasteiger partial charge in [-0.25, -0.2) is 0 Å². The fourth-order valence-electron chi connectivity index (χ4n) is 16.0. The number of unbranched alkanes of at least 4 members (excludes halogenated alkanes) is 40. The van der Waals surface area contributed by atoms with Crippen LogP contribution in [0.15, 0.2) is 58.1 Å². The summed E-state index contributed by atoms with van der Waals surface area (Å²) in [5.74, 6) is 1.55. The third kappa shape index (κ3) is 33.5. The summed E-state index contributed by atoms with van der Waals surface area (Å²) in [5.41, 5.74) is 7.38. The van der Waals surface area contributed by atoms with E-state index in [0.717, 1.165) is 72.8 Å². The Morgan fingerprint density at radius 3 is 0.990 bits per heavy atom. The van der Waals surface area contributed by atoms with Crippen LogP contribution >= 0.6 is 0 Å². The normalized spacial score (nSPS) is 12.5. The Balaban J connectivity index is 1.32. The van der Waals surface area contributed by atoms with Crippen molar-refractivity contribution >= 4 is 80.9 Å². The van der Waals surface area contributed by atoms with Crippen LogP contribution in [0.4, 0.5) is 0 Å². The first kappa shape index (κ1) is 87.6. The Labute approximate surface area is 647 Å². The van der Waals surface area contributed by atoms with E-state index in [-0.39, 0.29) is 25.6 Å². The first-order valence-electron chi connectivity index (χ1n) is 43.3. The average Bonchev–Trinajstić information content (AvgIpc) is 1.08. The summed E-state index contributed by atoms with van der Waals surface area (Å²) in [6, 6.07) is 19.2. The molecule has 100 heavy (non-hydrogen) atoms. The van der Waals surface area contributed by atoms with Gasteiger partial charge < -0.3 is 0 Å². The van der Waals surface area contributed by atoms with Crippen LogP contribution in [0, 0.1) is 25.7 Å². The second-order valence-electron chi connectivity index (χ2n) is 31.3. The van der Waals surface area contributed by atoms with E-state index in [9.17, 15) is 0 Å². The van der Waals surface area contributed by atoms with Gasteiger partial charge in [-0.3, -0.25) is 0 Å². The van der Waals surface area contributed by atoms with E-state index < -0.39 is 40.9 Å². The summed E-state index contributed by atoms with van der Waals surface area (Å²) in [6.07, 6.45) is 75.2. The van der Waals surface area contributed by atoms with Crippen molar-refractivity contribution in [3.63, 3.8) is 0 Å². The van der Waals surface area contributed by atoms with Gasteiger partial charge in [-0.15, -0.1) is 0 Å². The minimum absolute atomic E-state index is 0.178. The van der Waals surface area contributed by atoms with Crippen LogP contribution in [0.5, 0.6) is 0 Å². The van der Waals surface area contributed by atoms with Gasteiger partial charge in [0.2, 0.25) is 0 Å². The smallest absolute Gasteiger partial charge is 0.0654 e. The molecule has 8 heteroatoms. The average molecular weight is 1730 g/mol. The van der Waals surface area contributed by atoms with Crippen molar-refractivity contribution in [3.05, 3.63) is 88.4 Å². The summed E-state index contributed by atoms with van der Waals surface area (Å²) >= 11 is -0.822. The number of hydrogen-bond acceptors (Lipinski definition) is 2. The molecule has 0 aliphatic carbocycles. The third-order valence-corrected chi connectivity index (χ3v) is 35.2. The Kier molecular flexibility index (Phi) is 48.3. The number of aryl methyl sites for hydroxylation is 6. The Hall–Kier alpha value is -1.30. The molecule has 0 bridgehead atoms. The molecule has 0 aromatic carbocycles. The maximum absolute atomic E-state index is 16.0.